The number of ether oxygens (including phenoxy) is 1. The fourth-order valence-electron chi connectivity index (χ4n) is 2.86. The fraction of sp³-hybridized carbons (Fsp3) is 0.294. The summed E-state index contributed by atoms with van der Waals surface area (Å²) in [6.07, 6.45) is -1.85. The van der Waals surface area contributed by atoms with Crippen LogP contribution < -0.4 is 15.0 Å². The van der Waals surface area contributed by atoms with Gasteiger partial charge in [0.25, 0.3) is 0 Å². The molecule has 0 spiro atoms. The number of halogens is 3. The monoisotopic (exact) mass is 366 g/mol. The van der Waals surface area contributed by atoms with Crippen LogP contribution in [0.2, 0.25) is 0 Å². The second kappa shape index (κ2) is 7.11. The van der Waals surface area contributed by atoms with Gasteiger partial charge in [-0.05, 0) is 30.3 Å². The molecule has 1 aromatic carbocycles. The number of hydrogen-bond acceptors (Lipinski definition) is 4. The zero-order chi connectivity index (χ0) is 18.7. The highest BCUT2D eigenvalue weighted by Crippen LogP contribution is 2.32. The maximum atomic E-state index is 12.3. The Morgan fingerprint density at radius 1 is 1.31 bits per heavy atom. The van der Waals surface area contributed by atoms with Crippen LogP contribution in [-0.2, 0) is 11.3 Å². The van der Waals surface area contributed by atoms with Gasteiger partial charge in [0.1, 0.15) is 11.6 Å². The number of carbonyl (C=O) groups is 1. The summed E-state index contributed by atoms with van der Waals surface area (Å²) >= 11 is 0. The van der Waals surface area contributed by atoms with Crippen molar-refractivity contribution >= 4 is 17.4 Å². The van der Waals surface area contributed by atoms with E-state index in [2.05, 4.69) is 21.7 Å². The summed E-state index contributed by atoms with van der Waals surface area (Å²) in [5.74, 6) is 0.385. The fourth-order valence-corrected chi connectivity index (χ4v) is 2.86. The lowest BCUT2D eigenvalue weighted by atomic mass is 10.1. The Labute approximate surface area is 147 Å². The number of alkyl halides is 3. The zero-order valence-corrected chi connectivity index (χ0v) is 13.7. The number of anilines is 2. The maximum absolute atomic E-state index is 12.3. The molecule has 26 heavy (non-hydrogen) atoms. The highest BCUT2D eigenvalue weighted by atomic mass is 19.4. The molecule has 3 rings (SSSR count). The number of carbonyl (C=O) groups excluding carboxylic acids is 1. The number of benzene rings is 1. The van der Waals surface area contributed by atoms with Crippen molar-refractivity contribution in [3.05, 3.63) is 49.2 Å². The van der Waals surface area contributed by atoms with E-state index in [9.17, 15) is 18.0 Å². The van der Waals surface area contributed by atoms with Gasteiger partial charge in [0, 0.05) is 37.3 Å². The standard InChI is InChI=1S/C17H17F3N4O2/c1-2-15(25)21-9-12-10-23(16-7-8-22-24(16)11-12)13-3-5-14(6-4-13)26-17(18,19)20/h2-8,12H,1,9-11H2,(H,21,25). The first-order valence-corrected chi connectivity index (χ1v) is 7.91. The molecule has 0 saturated heterocycles. The molecule has 0 radical (unpaired) electrons. The maximum Gasteiger partial charge on any atom is 0.573 e. The van der Waals surface area contributed by atoms with E-state index in [0.29, 0.717) is 25.3 Å². The Morgan fingerprint density at radius 3 is 2.69 bits per heavy atom. The number of nitrogens with zero attached hydrogens (tertiary/aromatic N) is 3. The molecule has 1 aliphatic heterocycles. The number of fused-ring (bicyclic) bond motifs is 1. The second-order valence-electron chi connectivity index (χ2n) is 5.84. The second-order valence-corrected chi connectivity index (χ2v) is 5.84. The first-order chi connectivity index (χ1) is 12.4. The van der Waals surface area contributed by atoms with Gasteiger partial charge in [-0.1, -0.05) is 6.58 Å². The first kappa shape index (κ1) is 17.8. The number of aromatic nitrogens is 2. The normalized spacial score (nSPS) is 16.7. The molecular formula is C17H17F3N4O2. The summed E-state index contributed by atoms with van der Waals surface area (Å²) < 4.78 is 42.6. The van der Waals surface area contributed by atoms with Crippen LogP contribution in [0.5, 0.6) is 5.75 Å². The largest absolute Gasteiger partial charge is 0.573 e. The predicted molar refractivity (Wildman–Crippen MR) is 89.1 cm³/mol. The third-order valence-electron chi connectivity index (χ3n) is 3.97. The lowest BCUT2D eigenvalue weighted by Gasteiger charge is -2.34. The van der Waals surface area contributed by atoms with Gasteiger partial charge in [-0.25, -0.2) is 4.68 Å². The molecule has 1 aliphatic rings. The lowest BCUT2D eigenvalue weighted by molar-refractivity contribution is -0.274. The molecule has 6 nitrogen and oxygen atoms in total. The van der Waals surface area contributed by atoms with Gasteiger partial charge in [-0.15, -0.1) is 13.2 Å². The summed E-state index contributed by atoms with van der Waals surface area (Å²) in [7, 11) is 0. The Bertz CT molecular complexity index is 786. The van der Waals surface area contributed by atoms with Crippen molar-refractivity contribution < 1.29 is 22.7 Å². The van der Waals surface area contributed by atoms with Gasteiger partial charge < -0.3 is 15.0 Å². The van der Waals surface area contributed by atoms with E-state index in [1.807, 2.05) is 11.0 Å². The van der Waals surface area contributed by atoms with E-state index in [-0.39, 0.29) is 17.6 Å². The van der Waals surface area contributed by atoms with Gasteiger partial charge in [0.2, 0.25) is 5.91 Å². The average molecular weight is 366 g/mol. The SMILES string of the molecule is C=CC(=O)NCC1CN(c2ccc(OC(F)(F)F)cc2)c2ccnn2C1. The number of amides is 1. The van der Waals surface area contributed by atoms with Crippen molar-refractivity contribution in [1.29, 1.82) is 0 Å². The Balaban J connectivity index is 1.77. The van der Waals surface area contributed by atoms with Crippen LogP contribution in [0.4, 0.5) is 24.7 Å². The molecule has 0 saturated carbocycles. The Hall–Kier alpha value is -2.97. The van der Waals surface area contributed by atoms with Gasteiger partial charge >= 0.3 is 6.36 Å². The van der Waals surface area contributed by atoms with Crippen LogP contribution in [0.25, 0.3) is 0 Å². The smallest absolute Gasteiger partial charge is 0.406 e. The van der Waals surface area contributed by atoms with E-state index in [1.165, 1.54) is 18.2 Å². The topological polar surface area (TPSA) is 59.4 Å². The molecule has 1 aromatic heterocycles. The van der Waals surface area contributed by atoms with E-state index >= 15 is 0 Å². The van der Waals surface area contributed by atoms with Crippen molar-refractivity contribution in [2.45, 2.75) is 12.9 Å². The van der Waals surface area contributed by atoms with E-state index in [0.717, 1.165) is 5.82 Å². The Morgan fingerprint density at radius 2 is 2.04 bits per heavy atom. The Kier molecular flexibility index (Phi) is 4.88. The molecule has 2 aromatic rings. The first-order valence-electron chi connectivity index (χ1n) is 7.91. The van der Waals surface area contributed by atoms with Crippen LogP contribution in [0.3, 0.4) is 0 Å². The quantitative estimate of drug-likeness (QED) is 0.827. The molecule has 9 heteroatoms. The van der Waals surface area contributed by atoms with Crippen LogP contribution >= 0.6 is 0 Å². The summed E-state index contributed by atoms with van der Waals surface area (Å²) in [6, 6.07) is 7.49. The van der Waals surface area contributed by atoms with Gasteiger partial charge in [0.15, 0.2) is 0 Å². The molecule has 2 heterocycles. The summed E-state index contributed by atoms with van der Waals surface area (Å²) in [5.41, 5.74) is 0.709. The minimum absolute atomic E-state index is 0.0809. The average Bonchev–Trinajstić information content (AvgIpc) is 3.06. The van der Waals surface area contributed by atoms with E-state index in [1.54, 1.807) is 23.0 Å². The predicted octanol–water partition coefficient (Wildman–Crippen LogP) is 2.85. The molecule has 0 aliphatic carbocycles. The van der Waals surface area contributed by atoms with Gasteiger partial charge in [-0.3, -0.25) is 4.79 Å². The van der Waals surface area contributed by atoms with E-state index in [4.69, 9.17) is 0 Å². The van der Waals surface area contributed by atoms with Gasteiger partial charge in [-0.2, -0.15) is 5.10 Å². The molecule has 1 unspecified atom stereocenters. The van der Waals surface area contributed by atoms with Crippen LogP contribution in [0.1, 0.15) is 0 Å². The van der Waals surface area contributed by atoms with Crippen molar-refractivity contribution in [3.8, 4) is 5.75 Å². The molecule has 1 atom stereocenters. The summed E-state index contributed by atoms with van der Waals surface area (Å²) in [4.78, 5) is 13.3. The van der Waals surface area contributed by atoms with Crippen LogP contribution in [0, 0.1) is 5.92 Å². The third-order valence-corrected chi connectivity index (χ3v) is 3.97. The van der Waals surface area contributed by atoms with E-state index < -0.39 is 6.36 Å². The number of nitrogens with one attached hydrogen (secondary N) is 1. The van der Waals surface area contributed by atoms with Gasteiger partial charge in [0.05, 0.1) is 6.20 Å². The summed E-state index contributed by atoms with van der Waals surface area (Å²) in [6.45, 7) is 5.07. The minimum atomic E-state index is -4.72. The molecule has 0 fully saturated rings. The van der Waals surface area contributed by atoms with Crippen LogP contribution in [-0.4, -0.2) is 35.1 Å². The molecule has 0 bridgehead atoms. The lowest BCUT2D eigenvalue weighted by Crippen LogP contribution is -2.41. The third kappa shape index (κ3) is 4.16. The number of hydrogen-bond donors (Lipinski definition) is 1. The van der Waals surface area contributed by atoms with Crippen LogP contribution in [0.15, 0.2) is 49.2 Å². The van der Waals surface area contributed by atoms with Crippen molar-refractivity contribution in [1.82, 2.24) is 15.1 Å². The molecular weight excluding hydrogens is 349 g/mol. The summed E-state index contributed by atoms with van der Waals surface area (Å²) in [5, 5.41) is 7.03. The number of rotatable bonds is 5. The van der Waals surface area contributed by atoms with Crippen molar-refractivity contribution in [2.24, 2.45) is 5.92 Å². The highest BCUT2D eigenvalue weighted by molar-refractivity contribution is 5.86. The molecule has 138 valence electrons. The van der Waals surface area contributed by atoms with Crippen molar-refractivity contribution in [3.63, 3.8) is 0 Å². The highest BCUT2D eigenvalue weighted by Gasteiger charge is 2.31. The van der Waals surface area contributed by atoms with Crippen molar-refractivity contribution in [2.75, 3.05) is 18.0 Å². The minimum Gasteiger partial charge on any atom is -0.406 e. The molecule has 1 N–H and O–H groups in total. The zero-order valence-electron chi connectivity index (χ0n) is 13.7. The molecule has 1 amide bonds.